The van der Waals surface area contributed by atoms with Crippen molar-refractivity contribution in [3.05, 3.63) is 58.9 Å². The first-order valence-electron chi connectivity index (χ1n) is 6.97. The van der Waals surface area contributed by atoms with Gasteiger partial charge in [-0.1, -0.05) is 17.7 Å². The van der Waals surface area contributed by atoms with E-state index in [4.69, 9.17) is 4.74 Å². The number of hydrogen-bond donors (Lipinski definition) is 1. The Morgan fingerprint density at radius 3 is 2.57 bits per heavy atom. The highest BCUT2D eigenvalue weighted by atomic mass is 16.5. The number of aromatic nitrogens is 1. The number of carbonyl (C=O) groups is 1. The van der Waals surface area contributed by atoms with Crippen molar-refractivity contribution >= 4 is 5.91 Å². The van der Waals surface area contributed by atoms with Crippen LogP contribution in [0.4, 0.5) is 0 Å². The van der Waals surface area contributed by atoms with E-state index < -0.39 is 0 Å². The Morgan fingerprint density at radius 2 is 1.95 bits per heavy atom. The molecule has 0 atom stereocenters. The Kier molecular flexibility index (Phi) is 4.93. The fraction of sp³-hybridized carbons (Fsp3) is 0.294. The summed E-state index contributed by atoms with van der Waals surface area (Å²) in [5, 5.41) is 2.82. The molecule has 0 saturated carbocycles. The summed E-state index contributed by atoms with van der Waals surface area (Å²) in [5.41, 5.74) is 4.01. The Morgan fingerprint density at radius 1 is 1.24 bits per heavy atom. The van der Waals surface area contributed by atoms with Crippen molar-refractivity contribution in [2.24, 2.45) is 0 Å². The summed E-state index contributed by atoms with van der Waals surface area (Å²) < 4.78 is 5.78. The van der Waals surface area contributed by atoms with E-state index in [1.807, 2.05) is 13.8 Å². The van der Waals surface area contributed by atoms with Gasteiger partial charge in [0.25, 0.3) is 5.91 Å². The maximum absolute atomic E-state index is 11.8. The first kappa shape index (κ1) is 15.0. The summed E-state index contributed by atoms with van der Waals surface area (Å²) in [6, 6.07) is 7.66. The minimum atomic E-state index is -0.135. The minimum absolute atomic E-state index is 0.135. The molecule has 21 heavy (non-hydrogen) atoms. The predicted molar refractivity (Wildman–Crippen MR) is 82.7 cm³/mol. The molecule has 1 amide bonds. The predicted octanol–water partition coefficient (Wildman–Crippen LogP) is 2.82. The first-order valence-corrected chi connectivity index (χ1v) is 6.97. The third-order valence-electron chi connectivity index (χ3n) is 3.16. The average molecular weight is 284 g/mol. The van der Waals surface area contributed by atoms with Crippen LogP contribution < -0.4 is 10.1 Å². The van der Waals surface area contributed by atoms with Gasteiger partial charge in [-0.05, 0) is 44.0 Å². The first-order chi connectivity index (χ1) is 10.1. The van der Waals surface area contributed by atoms with Gasteiger partial charge in [-0.2, -0.15) is 0 Å². The normalized spacial score (nSPS) is 10.2. The van der Waals surface area contributed by atoms with Gasteiger partial charge in [0.1, 0.15) is 12.4 Å². The smallest absolute Gasteiger partial charge is 0.252 e. The molecule has 0 radical (unpaired) electrons. The number of pyridine rings is 1. The molecule has 4 nitrogen and oxygen atoms in total. The van der Waals surface area contributed by atoms with Crippen molar-refractivity contribution < 1.29 is 9.53 Å². The van der Waals surface area contributed by atoms with E-state index in [2.05, 4.69) is 29.4 Å². The van der Waals surface area contributed by atoms with Crippen molar-refractivity contribution in [3.63, 3.8) is 0 Å². The van der Waals surface area contributed by atoms with E-state index in [0.29, 0.717) is 18.7 Å². The van der Waals surface area contributed by atoms with Crippen LogP contribution in [-0.4, -0.2) is 24.0 Å². The largest absolute Gasteiger partial charge is 0.491 e. The highest BCUT2D eigenvalue weighted by Crippen LogP contribution is 2.24. The van der Waals surface area contributed by atoms with Crippen LogP contribution >= 0.6 is 0 Å². The molecular formula is C17H20N2O2. The van der Waals surface area contributed by atoms with Crippen molar-refractivity contribution in [1.82, 2.24) is 10.3 Å². The lowest BCUT2D eigenvalue weighted by Gasteiger charge is -2.13. The van der Waals surface area contributed by atoms with Crippen LogP contribution in [0.5, 0.6) is 5.75 Å². The van der Waals surface area contributed by atoms with Crippen LogP contribution in [0.15, 0.2) is 36.7 Å². The number of ether oxygens (including phenoxy) is 1. The molecule has 1 heterocycles. The maximum Gasteiger partial charge on any atom is 0.252 e. The number of rotatable bonds is 5. The van der Waals surface area contributed by atoms with Crippen molar-refractivity contribution in [2.45, 2.75) is 20.8 Å². The number of nitrogens with zero attached hydrogens (tertiary/aromatic N) is 1. The van der Waals surface area contributed by atoms with Crippen LogP contribution in [0.2, 0.25) is 0 Å². The zero-order valence-electron chi connectivity index (χ0n) is 12.6. The molecule has 1 aromatic carbocycles. The topological polar surface area (TPSA) is 51.2 Å². The number of nitrogens with one attached hydrogen (secondary N) is 1. The molecule has 0 saturated heterocycles. The third kappa shape index (κ3) is 4.05. The highest BCUT2D eigenvalue weighted by molar-refractivity contribution is 5.93. The fourth-order valence-corrected chi connectivity index (χ4v) is 2.31. The summed E-state index contributed by atoms with van der Waals surface area (Å²) >= 11 is 0. The molecule has 1 aromatic heterocycles. The summed E-state index contributed by atoms with van der Waals surface area (Å²) in [6.07, 6.45) is 3.19. The van der Waals surface area contributed by atoms with Crippen molar-refractivity contribution in [1.29, 1.82) is 0 Å². The second-order valence-electron chi connectivity index (χ2n) is 5.07. The van der Waals surface area contributed by atoms with Crippen LogP contribution in [0.1, 0.15) is 27.0 Å². The van der Waals surface area contributed by atoms with E-state index >= 15 is 0 Å². The van der Waals surface area contributed by atoms with E-state index in [1.165, 1.54) is 5.56 Å². The zero-order valence-corrected chi connectivity index (χ0v) is 12.6. The monoisotopic (exact) mass is 284 g/mol. The maximum atomic E-state index is 11.8. The zero-order chi connectivity index (χ0) is 15.2. The number of amides is 1. The summed E-state index contributed by atoms with van der Waals surface area (Å²) in [7, 11) is 0. The van der Waals surface area contributed by atoms with Crippen LogP contribution in [-0.2, 0) is 0 Å². The Bertz CT molecular complexity index is 601. The van der Waals surface area contributed by atoms with Crippen LogP contribution in [0.25, 0.3) is 0 Å². The lowest BCUT2D eigenvalue weighted by atomic mass is 10.1. The van der Waals surface area contributed by atoms with E-state index in [9.17, 15) is 4.79 Å². The minimum Gasteiger partial charge on any atom is -0.491 e. The lowest BCUT2D eigenvalue weighted by Crippen LogP contribution is -2.28. The van der Waals surface area contributed by atoms with Crippen LogP contribution in [0.3, 0.4) is 0 Å². The quantitative estimate of drug-likeness (QED) is 0.859. The third-order valence-corrected chi connectivity index (χ3v) is 3.16. The van der Waals surface area contributed by atoms with Crippen molar-refractivity contribution in [2.75, 3.05) is 13.2 Å². The lowest BCUT2D eigenvalue weighted by molar-refractivity contribution is 0.0946. The molecule has 2 rings (SSSR count). The van der Waals surface area contributed by atoms with Crippen molar-refractivity contribution in [3.8, 4) is 5.75 Å². The van der Waals surface area contributed by atoms with Crippen LogP contribution in [0, 0.1) is 20.8 Å². The molecule has 0 fully saturated rings. The standard InChI is InChI=1S/C17H20N2O2/c1-12-9-13(2)16(14(3)10-12)21-8-7-19-17(20)15-5-4-6-18-11-15/h4-6,9-11H,7-8H2,1-3H3,(H,19,20). The van der Waals surface area contributed by atoms with Gasteiger partial charge in [0.2, 0.25) is 0 Å². The molecule has 1 N–H and O–H groups in total. The van der Waals surface area contributed by atoms with Gasteiger partial charge in [-0.25, -0.2) is 0 Å². The average Bonchev–Trinajstić information content (AvgIpc) is 2.46. The molecular weight excluding hydrogens is 264 g/mol. The van der Waals surface area contributed by atoms with Gasteiger partial charge in [-0.15, -0.1) is 0 Å². The van der Waals surface area contributed by atoms with Gasteiger partial charge < -0.3 is 10.1 Å². The van der Waals surface area contributed by atoms with E-state index in [-0.39, 0.29) is 5.91 Å². The molecule has 0 aliphatic heterocycles. The van der Waals surface area contributed by atoms with E-state index in [1.54, 1.807) is 24.5 Å². The molecule has 4 heteroatoms. The second-order valence-corrected chi connectivity index (χ2v) is 5.07. The van der Waals surface area contributed by atoms with Gasteiger partial charge in [0.15, 0.2) is 0 Å². The Labute approximate surface area is 125 Å². The second kappa shape index (κ2) is 6.88. The van der Waals surface area contributed by atoms with Gasteiger partial charge in [0.05, 0.1) is 12.1 Å². The highest BCUT2D eigenvalue weighted by Gasteiger charge is 2.06. The number of hydrogen-bond acceptors (Lipinski definition) is 3. The summed E-state index contributed by atoms with van der Waals surface area (Å²) in [6.45, 7) is 7.03. The van der Waals surface area contributed by atoms with Gasteiger partial charge in [0, 0.05) is 12.4 Å². The number of carbonyl (C=O) groups excluding carboxylic acids is 1. The molecule has 2 aromatic rings. The summed E-state index contributed by atoms with van der Waals surface area (Å²) in [5.74, 6) is 0.764. The Balaban J connectivity index is 1.84. The Hall–Kier alpha value is -2.36. The molecule has 110 valence electrons. The number of aryl methyl sites for hydroxylation is 3. The van der Waals surface area contributed by atoms with E-state index in [0.717, 1.165) is 16.9 Å². The molecule has 0 spiro atoms. The molecule has 0 bridgehead atoms. The van der Waals surface area contributed by atoms with Gasteiger partial charge >= 0.3 is 0 Å². The molecule has 0 unspecified atom stereocenters. The SMILES string of the molecule is Cc1cc(C)c(OCCNC(=O)c2cccnc2)c(C)c1. The fourth-order valence-electron chi connectivity index (χ4n) is 2.31. The molecule has 0 aliphatic rings. The number of benzene rings is 1. The van der Waals surface area contributed by atoms with Gasteiger partial charge in [-0.3, -0.25) is 9.78 Å². The molecule has 0 aliphatic carbocycles. The summed E-state index contributed by atoms with van der Waals surface area (Å²) in [4.78, 5) is 15.7.